The van der Waals surface area contributed by atoms with Crippen molar-refractivity contribution in [2.24, 2.45) is 0 Å². The zero-order valence-electron chi connectivity index (χ0n) is 10.3. The highest BCUT2D eigenvalue weighted by molar-refractivity contribution is 9.10. The van der Waals surface area contributed by atoms with Crippen molar-refractivity contribution >= 4 is 21.9 Å². The molecule has 1 rings (SSSR count). The van der Waals surface area contributed by atoms with Crippen LogP contribution in [-0.2, 0) is 16.0 Å². The van der Waals surface area contributed by atoms with E-state index in [1.54, 1.807) is 13.0 Å². The van der Waals surface area contributed by atoms with E-state index >= 15 is 0 Å². The summed E-state index contributed by atoms with van der Waals surface area (Å²) in [5.74, 6) is -1.17. The highest BCUT2D eigenvalue weighted by Gasteiger charge is 2.32. The molecule has 0 bridgehead atoms. The number of ether oxygens (including phenoxy) is 2. The number of carbonyl (C=O) groups is 1. The van der Waals surface area contributed by atoms with Gasteiger partial charge < -0.3 is 9.47 Å². The van der Waals surface area contributed by atoms with Crippen LogP contribution in [0.4, 0.5) is 13.2 Å². The highest BCUT2D eigenvalue weighted by Crippen LogP contribution is 2.34. The SMILES string of the molecule is CCOC(=O)Cc1cc(C#N)c(Br)c(OC(F)(F)F)c1. The summed E-state index contributed by atoms with van der Waals surface area (Å²) in [6, 6.07) is 4.05. The summed E-state index contributed by atoms with van der Waals surface area (Å²) in [7, 11) is 0. The standard InChI is InChI=1S/C12H9BrF3NO3/c1-2-19-10(18)5-7-3-8(6-17)11(13)9(4-7)20-12(14,15)16/h3-4H,2,5H2,1H3. The smallest absolute Gasteiger partial charge is 0.466 e. The molecule has 1 aromatic carbocycles. The van der Waals surface area contributed by atoms with Gasteiger partial charge in [-0.25, -0.2) is 0 Å². The zero-order valence-corrected chi connectivity index (χ0v) is 11.8. The first-order valence-corrected chi connectivity index (χ1v) is 6.20. The number of carbonyl (C=O) groups excluding carboxylic acids is 1. The van der Waals surface area contributed by atoms with Gasteiger partial charge in [0, 0.05) is 0 Å². The van der Waals surface area contributed by atoms with Crippen LogP contribution in [0.3, 0.4) is 0 Å². The molecule has 20 heavy (non-hydrogen) atoms. The third kappa shape index (κ3) is 4.74. The van der Waals surface area contributed by atoms with Gasteiger partial charge in [-0.15, -0.1) is 13.2 Å². The third-order valence-electron chi connectivity index (χ3n) is 2.10. The molecule has 0 radical (unpaired) electrons. The van der Waals surface area contributed by atoms with Gasteiger partial charge in [-0.1, -0.05) is 0 Å². The molecule has 0 heterocycles. The Kier molecular flexibility index (Phi) is 5.39. The van der Waals surface area contributed by atoms with E-state index < -0.39 is 18.1 Å². The fourth-order valence-electron chi connectivity index (χ4n) is 1.42. The second-order valence-electron chi connectivity index (χ2n) is 3.60. The van der Waals surface area contributed by atoms with Gasteiger partial charge >= 0.3 is 12.3 Å². The second-order valence-corrected chi connectivity index (χ2v) is 4.39. The lowest BCUT2D eigenvalue weighted by Crippen LogP contribution is -2.18. The molecule has 4 nitrogen and oxygen atoms in total. The van der Waals surface area contributed by atoms with E-state index in [9.17, 15) is 18.0 Å². The molecule has 0 unspecified atom stereocenters. The summed E-state index contributed by atoms with van der Waals surface area (Å²) < 4.78 is 45.1. The van der Waals surface area contributed by atoms with Gasteiger partial charge in [0.05, 0.1) is 23.1 Å². The summed E-state index contributed by atoms with van der Waals surface area (Å²) in [6.45, 7) is 1.77. The maximum absolute atomic E-state index is 12.3. The van der Waals surface area contributed by atoms with Crippen molar-refractivity contribution in [2.45, 2.75) is 19.7 Å². The molecule has 0 saturated heterocycles. The van der Waals surface area contributed by atoms with Crippen molar-refractivity contribution in [1.29, 1.82) is 5.26 Å². The van der Waals surface area contributed by atoms with E-state index in [4.69, 9.17) is 10.00 Å². The van der Waals surface area contributed by atoms with Crippen molar-refractivity contribution in [1.82, 2.24) is 0 Å². The van der Waals surface area contributed by atoms with Crippen LogP contribution in [0.15, 0.2) is 16.6 Å². The first kappa shape index (κ1) is 16.3. The van der Waals surface area contributed by atoms with Crippen LogP contribution in [0.25, 0.3) is 0 Å². The quantitative estimate of drug-likeness (QED) is 0.780. The van der Waals surface area contributed by atoms with Crippen LogP contribution in [0.2, 0.25) is 0 Å². The van der Waals surface area contributed by atoms with Crippen LogP contribution >= 0.6 is 15.9 Å². The molecule has 0 aliphatic rings. The molecule has 8 heteroatoms. The number of nitriles is 1. The van der Waals surface area contributed by atoms with Crippen molar-refractivity contribution < 1.29 is 27.4 Å². The molecule has 0 spiro atoms. The number of nitrogens with zero attached hydrogens (tertiary/aromatic N) is 1. The number of hydrogen-bond donors (Lipinski definition) is 0. The number of rotatable bonds is 4. The molecule has 0 aromatic heterocycles. The number of esters is 1. The van der Waals surface area contributed by atoms with E-state index in [0.29, 0.717) is 0 Å². The molecule has 0 aliphatic heterocycles. The van der Waals surface area contributed by atoms with Gasteiger partial charge in [0.15, 0.2) is 0 Å². The van der Waals surface area contributed by atoms with Crippen LogP contribution in [0, 0.1) is 11.3 Å². The van der Waals surface area contributed by atoms with E-state index in [-0.39, 0.29) is 28.6 Å². The normalized spacial score (nSPS) is 10.8. The Morgan fingerprint density at radius 3 is 2.60 bits per heavy atom. The van der Waals surface area contributed by atoms with Gasteiger partial charge in [0.1, 0.15) is 11.8 Å². The Balaban J connectivity index is 3.12. The topological polar surface area (TPSA) is 59.3 Å². The molecular formula is C12H9BrF3NO3. The fraction of sp³-hybridized carbons (Fsp3) is 0.333. The molecule has 0 aliphatic carbocycles. The minimum atomic E-state index is -4.89. The maximum atomic E-state index is 12.3. The number of benzene rings is 1. The Labute approximate surface area is 121 Å². The minimum absolute atomic E-state index is 0.0638. The van der Waals surface area contributed by atoms with E-state index in [1.165, 1.54) is 6.07 Å². The number of alkyl halides is 3. The summed E-state index contributed by atoms with van der Waals surface area (Å²) in [4.78, 5) is 11.3. The van der Waals surface area contributed by atoms with Gasteiger partial charge in [-0.2, -0.15) is 5.26 Å². The molecule has 0 atom stereocenters. The second kappa shape index (κ2) is 6.61. The molecule has 0 amide bonds. The van der Waals surface area contributed by atoms with E-state index in [2.05, 4.69) is 20.7 Å². The molecule has 0 fully saturated rings. The zero-order chi connectivity index (χ0) is 15.3. The maximum Gasteiger partial charge on any atom is 0.573 e. The number of halogens is 4. The van der Waals surface area contributed by atoms with Crippen LogP contribution < -0.4 is 4.74 Å². The molecule has 108 valence electrons. The van der Waals surface area contributed by atoms with Crippen molar-refractivity contribution in [2.75, 3.05) is 6.61 Å². The van der Waals surface area contributed by atoms with Crippen molar-refractivity contribution in [3.63, 3.8) is 0 Å². The lowest BCUT2D eigenvalue weighted by molar-refractivity contribution is -0.274. The highest BCUT2D eigenvalue weighted by atomic mass is 79.9. The van der Waals surface area contributed by atoms with Gasteiger partial charge in [0.25, 0.3) is 0 Å². The molecular weight excluding hydrogens is 343 g/mol. The lowest BCUT2D eigenvalue weighted by atomic mass is 10.1. The monoisotopic (exact) mass is 351 g/mol. The largest absolute Gasteiger partial charge is 0.573 e. The predicted octanol–water partition coefficient (Wildman–Crippen LogP) is 3.32. The first-order chi connectivity index (χ1) is 9.26. The molecule has 1 aromatic rings. The summed E-state index contributed by atoms with van der Waals surface area (Å²) >= 11 is 2.86. The van der Waals surface area contributed by atoms with E-state index in [1.807, 2.05) is 0 Å². The van der Waals surface area contributed by atoms with E-state index in [0.717, 1.165) is 6.07 Å². The Hall–Kier alpha value is -1.75. The molecule has 0 saturated carbocycles. The van der Waals surface area contributed by atoms with Crippen LogP contribution in [0.1, 0.15) is 18.1 Å². The predicted molar refractivity (Wildman–Crippen MR) is 65.9 cm³/mol. The number of hydrogen-bond acceptors (Lipinski definition) is 4. The molecule has 0 N–H and O–H groups in total. The van der Waals surface area contributed by atoms with Gasteiger partial charge in [0.2, 0.25) is 0 Å². The first-order valence-electron chi connectivity index (χ1n) is 5.40. The summed E-state index contributed by atoms with van der Waals surface area (Å²) in [5.41, 5.74) is 0.133. The summed E-state index contributed by atoms with van der Waals surface area (Å²) in [6.07, 6.45) is -5.14. The van der Waals surface area contributed by atoms with Crippen molar-refractivity contribution in [3.05, 3.63) is 27.7 Å². The Morgan fingerprint density at radius 2 is 2.10 bits per heavy atom. The Morgan fingerprint density at radius 1 is 1.45 bits per heavy atom. The fourth-order valence-corrected chi connectivity index (χ4v) is 1.81. The minimum Gasteiger partial charge on any atom is -0.466 e. The Bertz CT molecular complexity index is 552. The van der Waals surface area contributed by atoms with Crippen LogP contribution in [0.5, 0.6) is 5.75 Å². The summed E-state index contributed by atoms with van der Waals surface area (Å²) in [5, 5.41) is 8.87. The van der Waals surface area contributed by atoms with Crippen molar-refractivity contribution in [3.8, 4) is 11.8 Å². The average molecular weight is 352 g/mol. The third-order valence-corrected chi connectivity index (χ3v) is 2.92. The van der Waals surface area contributed by atoms with Gasteiger partial charge in [-0.3, -0.25) is 4.79 Å². The average Bonchev–Trinajstić information content (AvgIpc) is 2.31. The van der Waals surface area contributed by atoms with Crippen LogP contribution in [-0.4, -0.2) is 18.9 Å². The van der Waals surface area contributed by atoms with Gasteiger partial charge in [-0.05, 0) is 40.5 Å². The lowest BCUT2D eigenvalue weighted by Gasteiger charge is -2.13.